The number of benzene rings is 1. The molecule has 158 valence electrons. The minimum Gasteiger partial charge on any atom is -0.491 e. The first-order chi connectivity index (χ1) is 14.3. The largest absolute Gasteiger partial charge is 0.491 e. The quantitative estimate of drug-likeness (QED) is 0.303. The van der Waals surface area contributed by atoms with E-state index in [1.54, 1.807) is 43.6 Å². The van der Waals surface area contributed by atoms with Crippen LogP contribution in [0.1, 0.15) is 37.8 Å². The zero-order chi connectivity index (χ0) is 22.1. The molecule has 2 aromatic rings. The molecule has 0 aliphatic carbocycles. The van der Waals surface area contributed by atoms with Gasteiger partial charge in [0.25, 0.3) is 0 Å². The number of ether oxygens (including phenoxy) is 1. The molecule has 0 fully saturated rings. The number of carbonyl (C=O) groups excluding carboxylic acids is 1. The molecule has 0 bridgehead atoms. The van der Waals surface area contributed by atoms with Crippen LogP contribution >= 0.6 is 0 Å². The predicted octanol–water partition coefficient (Wildman–Crippen LogP) is 3.34. The minimum atomic E-state index is -0.220. The number of nitrogen functional groups attached to an aromatic ring is 1. The predicted molar refractivity (Wildman–Crippen MR) is 121 cm³/mol. The van der Waals surface area contributed by atoms with E-state index in [0.717, 1.165) is 5.57 Å². The molecule has 0 radical (unpaired) electrons. The van der Waals surface area contributed by atoms with Crippen LogP contribution in [-0.2, 0) is 4.79 Å². The SMILES string of the molecule is CN/C=C(\C=N)CCC(=O)Nc1cc(C(=N)c2cc(OC(C)C)ccc2N)ccn1. The summed E-state index contributed by atoms with van der Waals surface area (Å²) in [6, 6.07) is 8.55. The van der Waals surface area contributed by atoms with E-state index in [1.165, 1.54) is 12.4 Å². The number of allylic oxidation sites excluding steroid dienone is 1. The van der Waals surface area contributed by atoms with Gasteiger partial charge in [0.2, 0.25) is 5.91 Å². The topological polar surface area (TPSA) is 137 Å². The first-order valence-electron chi connectivity index (χ1n) is 9.62. The van der Waals surface area contributed by atoms with Gasteiger partial charge in [-0.25, -0.2) is 4.98 Å². The monoisotopic (exact) mass is 408 g/mol. The third-order valence-corrected chi connectivity index (χ3v) is 4.14. The number of hydrogen-bond donors (Lipinski definition) is 5. The van der Waals surface area contributed by atoms with Gasteiger partial charge in [0.1, 0.15) is 11.6 Å². The molecule has 0 saturated carbocycles. The first-order valence-corrected chi connectivity index (χ1v) is 9.62. The highest BCUT2D eigenvalue weighted by Gasteiger charge is 2.13. The summed E-state index contributed by atoms with van der Waals surface area (Å²) in [6.07, 6.45) is 5.09. The fourth-order valence-electron chi connectivity index (χ4n) is 2.74. The molecule has 0 unspecified atom stereocenters. The summed E-state index contributed by atoms with van der Waals surface area (Å²) in [5.41, 5.74) is 8.59. The molecule has 1 aromatic carbocycles. The molecule has 0 spiro atoms. The van der Waals surface area contributed by atoms with Crippen molar-refractivity contribution in [2.75, 3.05) is 18.1 Å². The van der Waals surface area contributed by atoms with Gasteiger partial charge in [0, 0.05) is 48.9 Å². The highest BCUT2D eigenvalue weighted by atomic mass is 16.5. The Bertz CT molecular complexity index is 952. The van der Waals surface area contributed by atoms with Gasteiger partial charge in [0.15, 0.2) is 0 Å². The smallest absolute Gasteiger partial charge is 0.225 e. The van der Waals surface area contributed by atoms with E-state index >= 15 is 0 Å². The Morgan fingerprint density at radius 1 is 1.27 bits per heavy atom. The van der Waals surface area contributed by atoms with Crippen molar-refractivity contribution in [3.63, 3.8) is 0 Å². The number of aromatic nitrogens is 1. The maximum atomic E-state index is 12.2. The molecule has 1 aromatic heterocycles. The van der Waals surface area contributed by atoms with Gasteiger partial charge in [-0.2, -0.15) is 0 Å². The fraction of sp³-hybridized carbons (Fsp3) is 0.273. The van der Waals surface area contributed by atoms with Gasteiger partial charge in [0.05, 0.1) is 11.8 Å². The van der Waals surface area contributed by atoms with Crippen molar-refractivity contribution in [2.45, 2.75) is 32.8 Å². The number of rotatable bonds is 10. The van der Waals surface area contributed by atoms with Crippen molar-refractivity contribution in [1.82, 2.24) is 10.3 Å². The average Bonchev–Trinajstić information content (AvgIpc) is 2.71. The molecule has 2 rings (SSSR count). The summed E-state index contributed by atoms with van der Waals surface area (Å²) in [7, 11) is 1.74. The lowest BCUT2D eigenvalue weighted by molar-refractivity contribution is -0.116. The average molecular weight is 409 g/mol. The Morgan fingerprint density at radius 2 is 2.03 bits per heavy atom. The Labute approximate surface area is 176 Å². The number of nitrogens with zero attached hydrogens (tertiary/aromatic N) is 1. The van der Waals surface area contributed by atoms with Crippen molar-refractivity contribution in [3.05, 3.63) is 59.4 Å². The fourth-order valence-corrected chi connectivity index (χ4v) is 2.74. The van der Waals surface area contributed by atoms with Crippen LogP contribution in [0.25, 0.3) is 0 Å². The number of nitrogens with one attached hydrogen (secondary N) is 4. The summed E-state index contributed by atoms with van der Waals surface area (Å²) in [5.74, 6) is 0.768. The molecule has 1 heterocycles. The number of hydrogen-bond acceptors (Lipinski definition) is 7. The molecule has 8 nitrogen and oxygen atoms in total. The molecular weight excluding hydrogens is 380 g/mol. The summed E-state index contributed by atoms with van der Waals surface area (Å²) in [5, 5.41) is 21.5. The van der Waals surface area contributed by atoms with Crippen molar-refractivity contribution in [1.29, 1.82) is 10.8 Å². The Morgan fingerprint density at radius 3 is 2.70 bits per heavy atom. The van der Waals surface area contributed by atoms with Crippen molar-refractivity contribution < 1.29 is 9.53 Å². The van der Waals surface area contributed by atoms with Crippen LogP contribution in [0.5, 0.6) is 5.75 Å². The van der Waals surface area contributed by atoms with Crippen molar-refractivity contribution in [3.8, 4) is 5.75 Å². The van der Waals surface area contributed by atoms with Gasteiger partial charge >= 0.3 is 0 Å². The highest BCUT2D eigenvalue weighted by Crippen LogP contribution is 2.24. The number of nitrogens with two attached hydrogens (primary N) is 1. The zero-order valence-corrected chi connectivity index (χ0v) is 17.5. The molecule has 1 amide bonds. The molecular formula is C22H28N6O2. The van der Waals surface area contributed by atoms with E-state index < -0.39 is 0 Å². The van der Waals surface area contributed by atoms with Crippen LogP contribution in [0.3, 0.4) is 0 Å². The second-order valence-electron chi connectivity index (χ2n) is 6.92. The lowest BCUT2D eigenvalue weighted by Gasteiger charge is -2.14. The van der Waals surface area contributed by atoms with E-state index in [0.29, 0.717) is 34.8 Å². The maximum absolute atomic E-state index is 12.2. The zero-order valence-electron chi connectivity index (χ0n) is 17.5. The molecule has 30 heavy (non-hydrogen) atoms. The third kappa shape index (κ3) is 6.44. The van der Waals surface area contributed by atoms with Gasteiger partial charge < -0.3 is 26.5 Å². The summed E-state index contributed by atoms with van der Waals surface area (Å²) in [6.45, 7) is 3.86. The molecule has 0 atom stereocenters. The second kappa shape index (κ2) is 10.8. The number of carbonyl (C=O) groups is 1. The Hall–Kier alpha value is -3.68. The second-order valence-corrected chi connectivity index (χ2v) is 6.92. The number of pyridine rings is 1. The lowest BCUT2D eigenvalue weighted by Crippen LogP contribution is -2.14. The van der Waals surface area contributed by atoms with Crippen molar-refractivity contribution >= 4 is 29.3 Å². The molecule has 0 aliphatic heterocycles. The van der Waals surface area contributed by atoms with E-state index in [1.807, 2.05) is 13.8 Å². The van der Waals surface area contributed by atoms with E-state index in [9.17, 15) is 4.79 Å². The van der Waals surface area contributed by atoms with Crippen LogP contribution in [0, 0.1) is 10.8 Å². The standard InChI is InChI=1S/C22H28N6O2/c1-14(2)30-17-5-6-19(24)18(11-17)22(25)16-8-9-27-20(10-16)28-21(29)7-4-15(12-23)13-26-3/h5-6,8-14,23,25-26H,4,7,24H2,1-3H3,(H,27,28,29)/b15-13-,23-12?,25-22?. The van der Waals surface area contributed by atoms with Crippen LogP contribution in [0.2, 0.25) is 0 Å². The van der Waals surface area contributed by atoms with Gasteiger partial charge in [-0.05, 0) is 56.2 Å². The van der Waals surface area contributed by atoms with E-state index in [-0.39, 0.29) is 24.1 Å². The Balaban J connectivity index is 2.13. The van der Waals surface area contributed by atoms with E-state index in [4.69, 9.17) is 21.3 Å². The maximum Gasteiger partial charge on any atom is 0.225 e. The van der Waals surface area contributed by atoms with Crippen LogP contribution in [-0.4, -0.2) is 36.0 Å². The van der Waals surface area contributed by atoms with Crippen LogP contribution < -0.4 is 21.1 Å². The first kappa shape index (κ1) is 22.6. The van der Waals surface area contributed by atoms with Crippen LogP contribution in [0.4, 0.5) is 11.5 Å². The van der Waals surface area contributed by atoms with Gasteiger partial charge in [-0.15, -0.1) is 0 Å². The minimum absolute atomic E-state index is 0.00881. The molecule has 0 aliphatic rings. The molecule has 0 saturated heterocycles. The molecule has 6 N–H and O–H groups in total. The number of amides is 1. The van der Waals surface area contributed by atoms with E-state index in [2.05, 4.69) is 15.6 Å². The third-order valence-electron chi connectivity index (χ3n) is 4.14. The molecule has 8 heteroatoms. The van der Waals surface area contributed by atoms with Gasteiger partial charge in [-0.3, -0.25) is 10.2 Å². The summed E-state index contributed by atoms with van der Waals surface area (Å²) in [4.78, 5) is 16.4. The normalized spacial score (nSPS) is 11.1. The lowest BCUT2D eigenvalue weighted by atomic mass is 10.0. The van der Waals surface area contributed by atoms with Crippen molar-refractivity contribution in [2.24, 2.45) is 0 Å². The summed E-state index contributed by atoms with van der Waals surface area (Å²) >= 11 is 0. The highest BCUT2D eigenvalue weighted by molar-refractivity contribution is 6.14. The Kier molecular flexibility index (Phi) is 8.10. The van der Waals surface area contributed by atoms with Gasteiger partial charge in [-0.1, -0.05) is 0 Å². The summed E-state index contributed by atoms with van der Waals surface area (Å²) < 4.78 is 5.70. The number of anilines is 2. The van der Waals surface area contributed by atoms with Crippen LogP contribution in [0.15, 0.2) is 48.3 Å².